The van der Waals surface area contributed by atoms with Gasteiger partial charge in [0.25, 0.3) is 0 Å². The Morgan fingerprint density at radius 1 is 0.952 bits per heavy atom. The maximum atomic E-state index is 12.7. The first-order chi connectivity index (χ1) is 9.79. The van der Waals surface area contributed by atoms with Crippen molar-refractivity contribution < 1.29 is 13.2 Å². The van der Waals surface area contributed by atoms with Crippen molar-refractivity contribution in [3.63, 3.8) is 0 Å². The zero-order valence-corrected chi connectivity index (χ0v) is 11.8. The number of nitrogens with one attached hydrogen (secondary N) is 1. The van der Waals surface area contributed by atoms with E-state index in [-0.39, 0.29) is 0 Å². The lowest BCUT2D eigenvalue weighted by molar-refractivity contribution is -0.137. The van der Waals surface area contributed by atoms with Crippen LogP contribution in [0.3, 0.4) is 0 Å². The van der Waals surface area contributed by atoms with Gasteiger partial charge in [-0.3, -0.25) is 0 Å². The van der Waals surface area contributed by atoms with Crippen LogP contribution in [-0.2, 0) is 6.18 Å². The van der Waals surface area contributed by atoms with Gasteiger partial charge >= 0.3 is 6.18 Å². The number of halogens is 5. The Labute approximate surface area is 128 Å². The molecule has 0 fully saturated rings. The average Bonchev–Trinajstić information content (AvgIpc) is 2.36. The zero-order valence-electron chi connectivity index (χ0n) is 10.3. The molecule has 0 aliphatic heterocycles. The van der Waals surface area contributed by atoms with Crippen LogP contribution in [0.4, 0.5) is 24.5 Å². The van der Waals surface area contributed by atoms with E-state index in [1.165, 1.54) is 18.2 Å². The average molecular weight is 331 g/mol. The Balaban J connectivity index is 2.36. The van der Waals surface area contributed by atoms with Gasteiger partial charge in [0.05, 0.1) is 17.2 Å². The third-order valence-electron chi connectivity index (χ3n) is 2.60. The predicted molar refractivity (Wildman–Crippen MR) is 75.9 cm³/mol. The third-order valence-corrected chi connectivity index (χ3v) is 3.03. The quantitative estimate of drug-likeness (QED) is 0.774. The number of alkyl halides is 3. The second-order valence-corrected chi connectivity index (χ2v) is 5.03. The summed E-state index contributed by atoms with van der Waals surface area (Å²) in [6.45, 7) is 0. The molecule has 0 aliphatic carbocycles. The minimum atomic E-state index is -4.57. The van der Waals surface area contributed by atoms with Crippen LogP contribution in [0.25, 0.3) is 0 Å². The highest BCUT2D eigenvalue weighted by atomic mass is 35.5. The lowest BCUT2D eigenvalue weighted by Gasteiger charge is -2.12. The number of benzene rings is 2. The topological polar surface area (TPSA) is 35.8 Å². The van der Waals surface area contributed by atoms with Crippen molar-refractivity contribution in [1.29, 1.82) is 5.26 Å². The van der Waals surface area contributed by atoms with Crippen LogP contribution in [0.2, 0.25) is 10.0 Å². The van der Waals surface area contributed by atoms with E-state index in [1.807, 2.05) is 0 Å². The predicted octanol–water partition coefficient (Wildman–Crippen LogP) is 5.63. The maximum Gasteiger partial charge on any atom is 0.417 e. The molecule has 21 heavy (non-hydrogen) atoms. The maximum absolute atomic E-state index is 12.7. The van der Waals surface area contributed by atoms with Crippen molar-refractivity contribution in [1.82, 2.24) is 0 Å². The van der Waals surface area contributed by atoms with Crippen molar-refractivity contribution in [3.05, 3.63) is 57.6 Å². The number of nitriles is 1. The second kappa shape index (κ2) is 5.84. The van der Waals surface area contributed by atoms with Gasteiger partial charge in [-0.25, -0.2) is 0 Å². The molecule has 1 N–H and O–H groups in total. The first-order valence-corrected chi connectivity index (χ1v) is 6.39. The van der Waals surface area contributed by atoms with Crippen LogP contribution in [0.15, 0.2) is 36.4 Å². The van der Waals surface area contributed by atoms with E-state index in [0.717, 1.165) is 12.1 Å². The normalized spacial score (nSPS) is 11.0. The molecule has 0 unspecified atom stereocenters. The van der Waals surface area contributed by atoms with Gasteiger partial charge in [-0.05, 0) is 36.4 Å². The highest BCUT2D eigenvalue weighted by Crippen LogP contribution is 2.34. The smallest absolute Gasteiger partial charge is 0.355 e. The SMILES string of the molecule is N#Cc1cc(Nc2cc(Cl)cc(Cl)c2)ccc1C(F)(F)F. The van der Waals surface area contributed by atoms with Gasteiger partial charge in [0.2, 0.25) is 0 Å². The first kappa shape index (κ1) is 15.5. The molecule has 2 aromatic carbocycles. The fourth-order valence-corrected chi connectivity index (χ4v) is 2.28. The summed E-state index contributed by atoms with van der Waals surface area (Å²) in [6, 6.07) is 9.41. The van der Waals surface area contributed by atoms with Gasteiger partial charge in [0.15, 0.2) is 0 Å². The van der Waals surface area contributed by atoms with E-state index >= 15 is 0 Å². The summed E-state index contributed by atoms with van der Waals surface area (Å²) in [7, 11) is 0. The van der Waals surface area contributed by atoms with E-state index in [2.05, 4.69) is 5.32 Å². The number of rotatable bonds is 2. The fourth-order valence-electron chi connectivity index (χ4n) is 1.75. The van der Waals surface area contributed by atoms with E-state index in [1.54, 1.807) is 12.1 Å². The summed E-state index contributed by atoms with van der Waals surface area (Å²) in [5.41, 5.74) is -0.589. The molecular weight excluding hydrogens is 324 g/mol. The van der Waals surface area contributed by atoms with Crippen LogP contribution in [0.1, 0.15) is 11.1 Å². The summed E-state index contributed by atoms with van der Waals surface area (Å²) < 4.78 is 38.1. The van der Waals surface area contributed by atoms with Crippen molar-refractivity contribution in [2.24, 2.45) is 0 Å². The molecule has 2 aromatic rings. The molecule has 0 bridgehead atoms. The Morgan fingerprint density at radius 2 is 1.57 bits per heavy atom. The van der Waals surface area contributed by atoms with E-state index in [0.29, 0.717) is 21.4 Å². The molecule has 0 heterocycles. The van der Waals surface area contributed by atoms with E-state index in [4.69, 9.17) is 28.5 Å². The van der Waals surface area contributed by atoms with E-state index in [9.17, 15) is 13.2 Å². The highest BCUT2D eigenvalue weighted by molar-refractivity contribution is 6.35. The molecule has 0 radical (unpaired) electrons. The lowest BCUT2D eigenvalue weighted by atomic mass is 10.1. The number of nitrogens with zero attached hydrogens (tertiary/aromatic N) is 1. The van der Waals surface area contributed by atoms with Crippen molar-refractivity contribution in [3.8, 4) is 6.07 Å². The number of anilines is 2. The Bertz CT molecular complexity index is 701. The summed E-state index contributed by atoms with van der Waals surface area (Å²) in [6.07, 6.45) is -4.57. The molecule has 0 aliphatic rings. The monoisotopic (exact) mass is 330 g/mol. The van der Waals surface area contributed by atoms with Crippen molar-refractivity contribution >= 4 is 34.6 Å². The van der Waals surface area contributed by atoms with Crippen LogP contribution in [-0.4, -0.2) is 0 Å². The van der Waals surface area contributed by atoms with Gasteiger partial charge in [-0.1, -0.05) is 23.2 Å². The van der Waals surface area contributed by atoms with Gasteiger partial charge in [-0.15, -0.1) is 0 Å². The van der Waals surface area contributed by atoms with Crippen LogP contribution in [0, 0.1) is 11.3 Å². The minimum absolute atomic E-state index is 0.331. The minimum Gasteiger partial charge on any atom is -0.355 e. The van der Waals surface area contributed by atoms with E-state index < -0.39 is 17.3 Å². The molecule has 108 valence electrons. The molecule has 0 atom stereocenters. The second-order valence-electron chi connectivity index (χ2n) is 4.15. The highest BCUT2D eigenvalue weighted by Gasteiger charge is 2.33. The standard InChI is InChI=1S/C14H7Cl2F3N2/c15-9-4-10(16)6-12(5-9)21-11-1-2-13(14(17,18)19)8(3-11)7-20/h1-6,21H. The van der Waals surface area contributed by atoms with Crippen LogP contribution >= 0.6 is 23.2 Å². The lowest BCUT2D eigenvalue weighted by Crippen LogP contribution is -2.08. The number of hydrogen-bond donors (Lipinski definition) is 1. The molecular formula is C14H7Cl2F3N2. The summed E-state index contributed by atoms with van der Waals surface area (Å²) in [4.78, 5) is 0. The molecule has 0 saturated heterocycles. The molecule has 0 saturated carbocycles. The van der Waals surface area contributed by atoms with Gasteiger partial charge in [0, 0.05) is 21.4 Å². The molecule has 0 spiro atoms. The first-order valence-electron chi connectivity index (χ1n) is 5.64. The molecule has 2 nitrogen and oxygen atoms in total. The fraction of sp³-hybridized carbons (Fsp3) is 0.0714. The van der Waals surface area contributed by atoms with Gasteiger partial charge in [0.1, 0.15) is 0 Å². The van der Waals surface area contributed by atoms with Crippen LogP contribution < -0.4 is 5.32 Å². The Hall–Kier alpha value is -1.90. The Kier molecular flexibility index (Phi) is 4.31. The summed E-state index contributed by atoms with van der Waals surface area (Å²) in [5.74, 6) is 0. The third kappa shape index (κ3) is 3.81. The molecule has 0 aromatic heterocycles. The molecule has 2 rings (SSSR count). The largest absolute Gasteiger partial charge is 0.417 e. The van der Waals surface area contributed by atoms with Gasteiger partial charge in [-0.2, -0.15) is 18.4 Å². The Morgan fingerprint density at radius 3 is 2.10 bits per heavy atom. The van der Waals surface area contributed by atoms with Crippen molar-refractivity contribution in [2.45, 2.75) is 6.18 Å². The van der Waals surface area contributed by atoms with Crippen molar-refractivity contribution in [2.75, 3.05) is 5.32 Å². The molecule has 7 heteroatoms. The van der Waals surface area contributed by atoms with Crippen LogP contribution in [0.5, 0.6) is 0 Å². The summed E-state index contributed by atoms with van der Waals surface area (Å²) >= 11 is 11.7. The van der Waals surface area contributed by atoms with Gasteiger partial charge < -0.3 is 5.32 Å². The number of hydrogen-bond acceptors (Lipinski definition) is 2. The molecule has 0 amide bonds. The zero-order chi connectivity index (χ0) is 15.6. The summed E-state index contributed by atoms with van der Waals surface area (Å²) in [5, 5.41) is 12.5.